The van der Waals surface area contributed by atoms with Crippen LogP contribution in [-0.4, -0.2) is 34.0 Å². The van der Waals surface area contributed by atoms with Gasteiger partial charge in [-0.15, -0.1) is 0 Å². The number of halogens is 4. The van der Waals surface area contributed by atoms with Crippen LogP contribution in [0.1, 0.15) is 46.0 Å². The molecule has 1 atom stereocenters. The van der Waals surface area contributed by atoms with E-state index in [4.69, 9.17) is 16.3 Å². The Morgan fingerprint density at radius 1 is 1.08 bits per heavy atom. The van der Waals surface area contributed by atoms with E-state index in [1.165, 1.54) is 12.1 Å². The van der Waals surface area contributed by atoms with Gasteiger partial charge in [-0.3, -0.25) is 9.59 Å². The van der Waals surface area contributed by atoms with E-state index in [0.29, 0.717) is 35.6 Å². The number of alkyl halides is 3. The Labute approximate surface area is 217 Å². The van der Waals surface area contributed by atoms with Gasteiger partial charge in [-0.25, -0.2) is 0 Å². The van der Waals surface area contributed by atoms with E-state index in [2.05, 4.69) is 0 Å². The molecule has 0 aliphatic carbocycles. The average molecular weight is 532 g/mol. The predicted molar refractivity (Wildman–Crippen MR) is 133 cm³/mol. The van der Waals surface area contributed by atoms with Crippen LogP contribution in [0, 0.1) is 0 Å². The van der Waals surface area contributed by atoms with Crippen molar-refractivity contribution in [3.8, 4) is 5.75 Å². The molecule has 0 unspecified atom stereocenters. The molecular weight excluding hydrogens is 507 g/mol. The Morgan fingerprint density at radius 2 is 1.78 bits per heavy atom. The molecule has 5 nitrogen and oxygen atoms in total. The molecule has 1 N–H and O–H groups in total. The lowest BCUT2D eigenvalue weighted by molar-refractivity contribution is -0.138. The summed E-state index contributed by atoms with van der Waals surface area (Å²) in [6.45, 7) is 1.27. The third kappa shape index (κ3) is 6.43. The van der Waals surface area contributed by atoms with Crippen molar-refractivity contribution in [3.63, 3.8) is 0 Å². The first-order chi connectivity index (χ1) is 17.4. The number of amides is 1. The summed E-state index contributed by atoms with van der Waals surface area (Å²) in [6.07, 6.45) is -2.53. The first-order valence-corrected chi connectivity index (χ1v) is 12.0. The SMILES string of the molecule is C[C@]1(Cc2ccccc2Cl)CCc2cc(C(=O)N(CC(=O)O)Cc3ccc(C(F)(F)F)cc3)ccc2O1. The Bertz CT molecular complexity index is 1310. The van der Waals surface area contributed by atoms with Gasteiger partial charge in [0.15, 0.2) is 0 Å². The minimum absolute atomic E-state index is 0.146. The molecule has 0 fully saturated rings. The van der Waals surface area contributed by atoms with Crippen LogP contribution in [0.3, 0.4) is 0 Å². The Hall–Kier alpha value is -3.52. The molecule has 1 amide bonds. The van der Waals surface area contributed by atoms with E-state index in [-0.39, 0.29) is 12.1 Å². The molecule has 0 saturated carbocycles. The lowest BCUT2D eigenvalue weighted by Crippen LogP contribution is -2.39. The summed E-state index contributed by atoms with van der Waals surface area (Å²) < 4.78 is 44.9. The smallest absolute Gasteiger partial charge is 0.416 e. The van der Waals surface area contributed by atoms with Crippen molar-refractivity contribution in [2.75, 3.05) is 6.54 Å². The van der Waals surface area contributed by atoms with Crippen LogP contribution in [0.4, 0.5) is 13.2 Å². The van der Waals surface area contributed by atoms with Crippen LogP contribution < -0.4 is 4.74 Å². The van der Waals surface area contributed by atoms with Gasteiger partial charge in [-0.05, 0) is 72.9 Å². The lowest BCUT2D eigenvalue weighted by Gasteiger charge is -2.36. The monoisotopic (exact) mass is 531 g/mol. The van der Waals surface area contributed by atoms with Gasteiger partial charge in [0.2, 0.25) is 0 Å². The summed E-state index contributed by atoms with van der Waals surface area (Å²) in [5.41, 5.74) is 1.18. The van der Waals surface area contributed by atoms with Gasteiger partial charge in [0.1, 0.15) is 17.9 Å². The third-order valence-corrected chi connectivity index (χ3v) is 6.75. The fourth-order valence-electron chi connectivity index (χ4n) is 4.46. The third-order valence-electron chi connectivity index (χ3n) is 6.38. The summed E-state index contributed by atoms with van der Waals surface area (Å²) >= 11 is 6.32. The van der Waals surface area contributed by atoms with E-state index in [9.17, 15) is 27.9 Å². The number of carboxylic acid groups (broad SMARTS) is 1. The fourth-order valence-corrected chi connectivity index (χ4v) is 4.66. The second kappa shape index (κ2) is 10.5. The molecule has 3 aromatic carbocycles. The van der Waals surface area contributed by atoms with Crippen LogP contribution in [-0.2, 0) is 30.4 Å². The molecule has 1 aliphatic heterocycles. The first kappa shape index (κ1) is 26.5. The van der Waals surface area contributed by atoms with Crippen LogP contribution in [0.15, 0.2) is 66.7 Å². The number of fused-ring (bicyclic) bond motifs is 1. The number of benzene rings is 3. The number of ether oxygens (including phenoxy) is 1. The van der Waals surface area contributed by atoms with Crippen molar-refractivity contribution in [1.82, 2.24) is 4.90 Å². The topological polar surface area (TPSA) is 66.8 Å². The fraction of sp³-hybridized carbons (Fsp3) is 0.286. The minimum atomic E-state index is -4.48. The molecule has 3 aromatic rings. The minimum Gasteiger partial charge on any atom is -0.487 e. The van der Waals surface area contributed by atoms with E-state index in [1.54, 1.807) is 18.2 Å². The quantitative estimate of drug-likeness (QED) is 0.382. The van der Waals surface area contributed by atoms with Gasteiger partial charge in [0, 0.05) is 23.6 Å². The van der Waals surface area contributed by atoms with Crippen molar-refractivity contribution in [2.45, 2.75) is 44.5 Å². The van der Waals surface area contributed by atoms with E-state index >= 15 is 0 Å². The number of carbonyl (C=O) groups is 2. The van der Waals surface area contributed by atoms with E-state index < -0.39 is 35.8 Å². The molecule has 37 heavy (non-hydrogen) atoms. The highest BCUT2D eigenvalue weighted by Gasteiger charge is 2.33. The van der Waals surface area contributed by atoms with Gasteiger partial charge in [0.05, 0.1) is 5.56 Å². The molecule has 1 aliphatic rings. The second-order valence-corrected chi connectivity index (χ2v) is 9.80. The highest BCUT2D eigenvalue weighted by Crippen LogP contribution is 2.37. The van der Waals surface area contributed by atoms with Crippen LogP contribution in [0.25, 0.3) is 0 Å². The maximum absolute atomic E-state index is 13.2. The largest absolute Gasteiger partial charge is 0.487 e. The van der Waals surface area contributed by atoms with Crippen molar-refractivity contribution in [3.05, 3.63) is 99.6 Å². The standard InChI is InChI=1S/C28H25ClF3NO4/c1-27(15-21-4-2-3-5-23(21)29)13-12-19-14-20(8-11-24(19)37-27)26(36)33(17-25(34)35)16-18-6-9-22(10-7-18)28(30,31)32/h2-11,14H,12-13,15-17H2,1H3,(H,34,35)/t27-/m1/s1. The Kier molecular flexibility index (Phi) is 7.50. The molecule has 1 heterocycles. The predicted octanol–water partition coefficient (Wildman–Crippen LogP) is 6.41. The van der Waals surface area contributed by atoms with Gasteiger partial charge < -0.3 is 14.7 Å². The summed E-state index contributed by atoms with van der Waals surface area (Å²) in [6, 6.07) is 16.9. The van der Waals surface area contributed by atoms with E-state index in [0.717, 1.165) is 28.2 Å². The van der Waals surface area contributed by atoms with Gasteiger partial charge in [0.25, 0.3) is 5.91 Å². The zero-order chi connectivity index (χ0) is 26.8. The van der Waals surface area contributed by atoms with Crippen LogP contribution >= 0.6 is 11.6 Å². The number of carbonyl (C=O) groups excluding carboxylic acids is 1. The molecule has 0 aromatic heterocycles. The number of nitrogens with zero attached hydrogens (tertiary/aromatic N) is 1. The average Bonchev–Trinajstić information content (AvgIpc) is 2.84. The first-order valence-electron chi connectivity index (χ1n) is 11.7. The summed E-state index contributed by atoms with van der Waals surface area (Å²) in [5.74, 6) is -1.11. The lowest BCUT2D eigenvalue weighted by atomic mass is 9.86. The summed E-state index contributed by atoms with van der Waals surface area (Å²) in [5, 5.41) is 10.00. The van der Waals surface area contributed by atoms with E-state index in [1.807, 2.05) is 31.2 Å². The molecule has 194 valence electrons. The second-order valence-electron chi connectivity index (χ2n) is 9.39. The molecule has 0 bridgehead atoms. The number of hydrogen-bond acceptors (Lipinski definition) is 3. The molecule has 0 saturated heterocycles. The molecule has 0 radical (unpaired) electrons. The van der Waals surface area contributed by atoms with Gasteiger partial charge in [-0.1, -0.05) is 41.9 Å². The number of hydrogen-bond donors (Lipinski definition) is 1. The highest BCUT2D eigenvalue weighted by molar-refractivity contribution is 6.31. The number of rotatable bonds is 7. The van der Waals surface area contributed by atoms with Crippen molar-refractivity contribution >= 4 is 23.5 Å². The highest BCUT2D eigenvalue weighted by atomic mass is 35.5. The Morgan fingerprint density at radius 3 is 2.43 bits per heavy atom. The van der Waals surface area contributed by atoms with Gasteiger partial charge >= 0.3 is 12.1 Å². The number of aryl methyl sites for hydroxylation is 1. The maximum Gasteiger partial charge on any atom is 0.416 e. The number of aliphatic carboxylic acids is 1. The molecule has 4 rings (SSSR count). The summed E-state index contributed by atoms with van der Waals surface area (Å²) in [7, 11) is 0. The van der Waals surface area contributed by atoms with Crippen LogP contribution in [0.5, 0.6) is 5.75 Å². The molecule has 9 heteroatoms. The summed E-state index contributed by atoms with van der Waals surface area (Å²) in [4.78, 5) is 25.8. The van der Waals surface area contributed by atoms with Gasteiger partial charge in [-0.2, -0.15) is 13.2 Å². The number of carboxylic acids is 1. The Balaban J connectivity index is 1.51. The van der Waals surface area contributed by atoms with Crippen LogP contribution in [0.2, 0.25) is 5.02 Å². The van der Waals surface area contributed by atoms with Crippen molar-refractivity contribution in [1.29, 1.82) is 0 Å². The zero-order valence-electron chi connectivity index (χ0n) is 20.0. The molecular formula is C28H25ClF3NO4. The van der Waals surface area contributed by atoms with Crippen molar-refractivity contribution in [2.24, 2.45) is 0 Å². The normalized spacial score (nSPS) is 17.0. The molecule has 0 spiro atoms. The zero-order valence-corrected chi connectivity index (χ0v) is 20.8. The van der Waals surface area contributed by atoms with Crippen molar-refractivity contribution < 1.29 is 32.6 Å². The maximum atomic E-state index is 13.2.